The molecule has 31 heavy (non-hydrogen) atoms. The molecular weight excluding hydrogens is 410 g/mol. The Bertz CT molecular complexity index is 1050. The van der Waals surface area contributed by atoms with Gasteiger partial charge in [-0.25, -0.2) is 0 Å². The van der Waals surface area contributed by atoms with Crippen LogP contribution < -0.4 is 0 Å². The number of hydrogen-bond donors (Lipinski definition) is 0. The average Bonchev–Trinajstić information content (AvgIpc) is 3.14. The van der Waals surface area contributed by atoms with Crippen molar-refractivity contribution in [3.63, 3.8) is 0 Å². The molecule has 4 rings (SSSR count). The van der Waals surface area contributed by atoms with Gasteiger partial charge in [0.1, 0.15) is 5.76 Å². The summed E-state index contributed by atoms with van der Waals surface area (Å²) in [5.74, 6) is 1.54. The summed E-state index contributed by atoms with van der Waals surface area (Å²) in [6.07, 6.45) is 0. The number of carbonyl (C=O) groups excluding carboxylic acids is 2. The van der Waals surface area contributed by atoms with E-state index in [1.807, 2.05) is 78.2 Å². The van der Waals surface area contributed by atoms with Crippen molar-refractivity contribution in [2.75, 3.05) is 26.2 Å². The predicted molar refractivity (Wildman–Crippen MR) is 120 cm³/mol. The van der Waals surface area contributed by atoms with Crippen LogP contribution in [0.25, 0.3) is 0 Å². The van der Waals surface area contributed by atoms with Gasteiger partial charge in [-0.2, -0.15) is 0 Å². The Morgan fingerprint density at radius 3 is 2.16 bits per heavy atom. The Hall–Kier alpha value is -3.06. The zero-order valence-corrected chi connectivity index (χ0v) is 18.5. The smallest absolute Gasteiger partial charge is 0.255 e. The number of aromatic nitrogens is 1. The molecule has 0 N–H and O–H groups in total. The molecule has 0 atom stereocenters. The highest BCUT2D eigenvalue weighted by molar-refractivity contribution is 7.98. The van der Waals surface area contributed by atoms with Crippen molar-refractivity contribution < 1.29 is 14.1 Å². The van der Waals surface area contributed by atoms with Crippen molar-refractivity contribution >= 4 is 23.6 Å². The van der Waals surface area contributed by atoms with Crippen LogP contribution in [0.3, 0.4) is 0 Å². The molecule has 1 saturated heterocycles. The van der Waals surface area contributed by atoms with E-state index >= 15 is 0 Å². The van der Waals surface area contributed by atoms with E-state index in [0.717, 1.165) is 21.9 Å². The molecule has 1 aliphatic heterocycles. The average molecular weight is 436 g/mol. The molecule has 0 saturated carbocycles. The topological polar surface area (TPSA) is 66.7 Å². The molecule has 2 aromatic carbocycles. The number of aryl methyl sites for hydroxylation is 2. The number of rotatable bonds is 5. The molecular formula is C24H25N3O3S. The van der Waals surface area contributed by atoms with Crippen molar-refractivity contribution in [3.8, 4) is 0 Å². The second-order valence-electron chi connectivity index (χ2n) is 7.54. The maximum Gasteiger partial charge on any atom is 0.255 e. The normalized spacial score (nSPS) is 14.0. The third-order valence-corrected chi connectivity index (χ3v) is 6.65. The SMILES string of the molecule is Cc1noc(C)c1CSc1ccccc1C(=O)N1CCN(C(=O)c2ccccc2)CC1. The van der Waals surface area contributed by atoms with Gasteiger partial charge >= 0.3 is 0 Å². The first-order chi connectivity index (χ1) is 15.0. The molecule has 2 heterocycles. The fourth-order valence-corrected chi connectivity index (χ4v) is 4.87. The number of amides is 2. The lowest BCUT2D eigenvalue weighted by molar-refractivity contribution is 0.0533. The van der Waals surface area contributed by atoms with Gasteiger partial charge in [0.2, 0.25) is 0 Å². The first kappa shape index (κ1) is 21.2. The van der Waals surface area contributed by atoms with E-state index in [4.69, 9.17) is 4.52 Å². The van der Waals surface area contributed by atoms with Gasteiger partial charge in [0.25, 0.3) is 11.8 Å². The van der Waals surface area contributed by atoms with Gasteiger partial charge < -0.3 is 14.3 Å². The maximum absolute atomic E-state index is 13.2. The van der Waals surface area contributed by atoms with Crippen LogP contribution in [-0.2, 0) is 5.75 Å². The largest absolute Gasteiger partial charge is 0.361 e. The summed E-state index contributed by atoms with van der Waals surface area (Å²) in [6.45, 7) is 5.96. The molecule has 1 fully saturated rings. The van der Waals surface area contributed by atoms with Crippen molar-refractivity contribution in [1.29, 1.82) is 0 Å². The van der Waals surface area contributed by atoms with E-state index in [0.29, 0.717) is 43.1 Å². The minimum atomic E-state index is 0.00803. The van der Waals surface area contributed by atoms with E-state index in [1.54, 1.807) is 11.8 Å². The van der Waals surface area contributed by atoms with E-state index in [9.17, 15) is 9.59 Å². The lowest BCUT2D eigenvalue weighted by atomic mass is 10.1. The number of carbonyl (C=O) groups is 2. The van der Waals surface area contributed by atoms with Crippen LogP contribution in [-0.4, -0.2) is 52.9 Å². The van der Waals surface area contributed by atoms with Crippen molar-refractivity contribution in [3.05, 3.63) is 82.7 Å². The van der Waals surface area contributed by atoms with E-state index in [1.165, 1.54) is 0 Å². The Morgan fingerprint density at radius 2 is 1.52 bits per heavy atom. The number of piperazine rings is 1. The van der Waals surface area contributed by atoms with Crippen molar-refractivity contribution in [2.45, 2.75) is 24.5 Å². The second-order valence-corrected chi connectivity index (χ2v) is 8.56. The number of nitrogens with zero attached hydrogens (tertiary/aromatic N) is 3. The predicted octanol–water partition coefficient (Wildman–Crippen LogP) is 4.18. The summed E-state index contributed by atoms with van der Waals surface area (Å²) >= 11 is 1.62. The van der Waals surface area contributed by atoms with Crippen LogP contribution in [0.5, 0.6) is 0 Å². The van der Waals surface area contributed by atoms with Crippen LogP contribution in [0, 0.1) is 13.8 Å². The van der Waals surface area contributed by atoms with Crippen LogP contribution in [0.15, 0.2) is 64.0 Å². The van der Waals surface area contributed by atoms with Gasteiger partial charge in [-0.05, 0) is 38.1 Å². The number of thioether (sulfide) groups is 1. The fourth-order valence-electron chi connectivity index (χ4n) is 3.67. The molecule has 2 amide bonds. The summed E-state index contributed by atoms with van der Waals surface area (Å²) in [7, 11) is 0. The summed E-state index contributed by atoms with van der Waals surface area (Å²) in [4.78, 5) is 30.5. The van der Waals surface area contributed by atoms with Crippen LogP contribution in [0.4, 0.5) is 0 Å². The highest BCUT2D eigenvalue weighted by Gasteiger charge is 2.26. The highest BCUT2D eigenvalue weighted by Crippen LogP contribution is 2.29. The maximum atomic E-state index is 13.2. The van der Waals surface area contributed by atoms with Gasteiger partial charge in [-0.15, -0.1) is 11.8 Å². The van der Waals surface area contributed by atoms with E-state index in [-0.39, 0.29) is 11.8 Å². The van der Waals surface area contributed by atoms with E-state index < -0.39 is 0 Å². The Kier molecular flexibility index (Phi) is 6.42. The van der Waals surface area contributed by atoms with Gasteiger partial charge in [-0.1, -0.05) is 35.5 Å². The van der Waals surface area contributed by atoms with Crippen LogP contribution in [0.2, 0.25) is 0 Å². The zero-order valence-electron chi connectivity index (χ0n) is 17.7. The molecule has 0 bridgehead atoms. The standard InChI is InChI=1S/C24H25N3O3S/c1-17-21(18(2)30-25-17)16-31-22-11-7-6-10-20(22)24(29)27-14-12-26(13-15-27)23(28)19-8-4-3-5-9-19/h3-11H,12-16H2,1-2H3. The minimum Gasteiger partial charge on any atom is -0.361 e. The lowest BCUT2D eigenvalue weighted by Gasteiger charge is -2.35. The van der Waals surface area contributed by atoms with E-state index in [2.05, 4.69) is 5.16 Å². The highest BCUT2D eigenvalue weighted by atomic mass is 32.2. The molecule has 0 radical (unpaired) electrons. The first-order valence-corrected chi connectivity index (χ1v) is 11.3. The molecule has 7 heteroatoms. The summed E-state index contributed by atoms with van der Waals surface area (Å²) in [5, 5.41) is 4.01. The molecule has 0 unspecified atom stereocenters. The molecule has 1 aromatic heterocycles. The monoisotopic (exact) mass is 435 g/mol. The van der Waals surface area contributed by atoms with Gasteiger partial charge in [0.05, 0.1) is 11.3 Å². The lowest BCUT2D eigenvalue weighted by Crippen LogP contribution is -2.50. The van der Waals surface area contributed by atoms with Crippen LogP contribution >= 0.6 is 11.8 Å². The van der Waals surface area contributed by atoms with Gasteiger partial charge in [-0.3, -0.25) is 9.59 Å². The van der Waals surface area contributed by atoms with Crippen molar-refractivity contribution in [1.82, 2.24) is 15.0 Å². The number of hydrogen-bond acceptors (Lipinski definition) is 5. The molecule has 3 aromatic rings. The summed E-state index contributed by atoms with van der Waals surface area (Å²) in [5.41, 5.74) is 3.33. The minimum absolute atomic E-state index is 0.00803. The zero-order chi connectivity index (χ0) is 21.8. The summed E-state index contributed by atoms with van der Waals surface area (Å²) < 4.78 is 5.25. The van der Waals surface area contributed by atoms with Gasteiger partial charge in [0.15, 0.2) is 0 Å². The quantitative estimate of drug-likeness (QED) is 0.563. The molecule has 0 aliphatic carbocycles. The number of benzene rings is 2. The third kappa shape index (κ3) is 4.66. The molecule has 6 nitrogen and oxygen atoms in total. The Balaban J connectivity index is 1.41. The summed E-state index contributed by atoms with van der Waals surface area (Å²) in [6, 6.07) is 17.0. The first-order valence-electron chi connectivity index (χ1n) is 10.3. The van der Waals surface area contributed by atoms with Crippen LogP contribution in [0.1, 0.15) is 37.7 Å². The Morgan fingerprint density at radius 1 is 0.903 bits per heavy atom. The Labute approximate surface area is 186 Å². The fraction of sp³-hybridized carbons (Fsp3) is 0.292. The third-order valence-electron chi connectivity index (χ3n) is 5.55. The molecule has 1 aliphatic rings. The van der Waals surface area contributed by atoms with Crippen molar-refractivity contribution in [2.24, 2.45) is 0 Å². The second kappa shape index (κ2) is 9.39. The van der Waals surface area contributed by atoms with Gasteiger partial charge in [0, 0.05) is 48.0 Å². The molecule has 160 valence electrons. The molecule has 0 spiro atoms.